The number of methoxy groups -OCH3 is 1. The van der Waals surface area contributed by atoms with Gasteiger partial charge in [0, 0.05) is 19.2 Å². The molecule has 1 aromatic rings. The van der Waals surface area contributed by atoms with Crippen molar-refractivity contribution in [2.75, 3.05) is 24.7 Å². The molecule has 0 fully saturated rings. The van der Waals surface area contributed by atoms with Crippen molar-refractivity contribution in [1.82, 2.24) is 4.90 Å². The molecule has 1 aliphatic rings. The van der Waals surface area contributed by atoms with Gasteiger partial charge in [0.25, 0.3) is 0 Å². The van der Waals surface area contributed by atoms with E-state index in [4.69, 9.17) is 10.5 Å². The third-order valence-electron chi connectivity index (χ3n) is 2.87. The van der Waals surface area contributed by atoms with E-state index in [-0.39, 0.29) is 18.4 Å². The molecule has 2 amide bonds. The summed E-state index contributed by atoms with van der Waals surface area (Å²) in [6.45, 7) is 1.85. The van der Waals surface area contributed by atoms with Crippen molar-refractivity contribution in [2.45, 2.75) is 13.5 Å². The molecule has 0 radical (unpaired) electrons. The number of hydrogen-bond donors (Lipinski definition) is 2. The van der Waals surface area contributed by atoms with Crippen molar-refractivity contribution in [3.05, 3.63) is 17.7 Å². The van der Waals surface area contributed by atoms with Crippen molar-refractivity contribution in [1.29, 1.82) is 0 Å². The van der Waals surface area contributed by atoms with E-state index < -0.39 is 0 Å². The molecule has 1 aliphatic heterocycles. The van der Waals surface area contributed by atoms with Crippen LogP contribution in [0.1, 0.15) is 12.5 Å². The maximum Gasteiger partial charge on any atom is 0.244 e. The van der Waals surface area contributed by atoms with Gasteiger partial charge in [-0.25, -0.2) is 0 Å². The number of nitrogens with zero attached hydrogens (tertiary/aromatic N) is 1. The van der Waals surface area contributed by atoms with Crippen molar-refractivity contribution in [3.63, 3.8) is 0 Å². The van der Waals surface area contributed by atoms with E-state index in [0.717, 1.165) is 5.56 Å². The van der Waals surface area contributed by atoms with Crippen molar-refractivity contribution < 1.29 is 14.3 Å². The van der Waals surface area contributed by atoms with Crippen LogP contribution in [0.25, 0.3) is 0 Å². The number of benzene rings is 1. The fraction of sp³-hybridized carbons (Fsp3) is 0.333. The number of nitrogens with two attached hydrogens (primary N) is 1. The molecule has 0 saturated carbocycles. The quantitative estimate of drug-likeness (QED) is 0.713. The number of amides is 2. The van der Waals surface area contributed by atoms with Gasteiger partial charge in [-0.15, -0.1) is 0 Å². The number of hydrogen-bond acceptors (Lipinski definition) is 4. The van der Waals surface area contributed by atoms with Crippen LogP contribution >= 0.6 is 0 Å². The molecule has 0 atom stereocenters. The molecule has 0 saturated heterocycles. The predicted molar refractivity (Wildman–Crippen MR) is 67.1 cm³/mol. The van der Waals surface area contributed by atoms with Crippen LogP contribution in [0.5, 0.6) is 5.75 Å². The van der Waals surface area contributed by atoms with Crippen LogP contribution in [-0.4, -0.2) is 30.4 Å². The lowest BCUT2D eigenvalue weighted by Crippen LogP contribution is -2.33. The summed E-state index contributed by atoms with van der Waals surface area (Å²) in [5.74, 6) is 0.163. The first kappa shape index (κ1) is 12.2. The SMILES string of the molecule is COc1cc2c(cc1N)NC(=O)CN(C(C)=O)C2. The lowest BCUT2D eigenvalue weighted by atomic mass is 10.1. The minimum Gasteiger partial charge on any atom is -0.495 e. The number of fused-ring (bicyclic) bond motifs is 1. The normalized spacial score (nSPS) is 14.6. The fourth-order valence-electron chi connectivity index (χ4n) is 1.91. The third-order valence-corrected chi connectivity index (χ3v) is 2.87. The van der Waals surface area contributed by atoms with Gasteiger partial charge >= 0.3 is 0 Å². The first-order valence-corrected chi connectivity index (χ1v) is 5.53. The van der Waals surface area contributed by atoms with Crippen LogP contribution in [0.2, 0.25) is 0 Å². The molecule has 96 valence electrons. The summed E-state index contributed by atoms with van der Waals surface area (Å²) in [6, 6.07) is 3.39. The van der Waals surface area contributed by atoms with Gasteiger partial charge < -0.3 is 20.7 Å². The number of rotatable bonds is 1. The van der Waals surface area contributed by atoms with E-state index in [1.807, 2.05) is 0 Å². The zero-order valence-electron chi connectivity index (χ0n) is 10.3. The Morgan fingerprint density at radius 2 is 2.17 bits per heavy atom. The summed E-state index contributed by atoms with van der Waals surface area (Å²) in [4.78, 5) is 24.5. The average Bonchev–Trinajstić information content (AvgIpc) is 2.46. The highest BCUT2D eigenvalue weighted by molar-refractivity contribution is 5.96. The summed E-state index contributed by atoms with van der Waals surface area (Å²) in [5.41, 5.74) is 7.68. The van der Waals surface area contributed by atoms with Crippen LogP contribution in [0, 0.1) is 0 Å². The van der Waals surface area contributed by atoms with Gasteiger partial charge in [0.15, 0.2) is 0 Å². The summed E-state index contributed by atoms with van der Waals surface area (Å²) >= 11 is 0. The third kappa shape index (κ3) is 2.22. The number of anilines is 2. The monoisotopic (exact) mass is 249 g/mol. The minimum atomic E-state index is -0.228. The van der Waals surface area contributed by atoms with E-state index >= 15 is 0 Å². The summed E-state index contributed by atoms with van der Waals surface area (Å²) in [6.07, 6.45) is 0. The predicted octanol–water partition coefficient (Wildman–Crippen LogP) is 0.578. The number of nitrogens with one attached hydrogen (secondary N) is 1. The Morgan fingerprint density at radius 1 is 1.44 bits per heavy atom. The second-order valence-corrected chi connectivity index (χ2v) is 4.17. The van der Waals surface area contributed by atoms with E-state index in [1.165, 1.54) is 18.9 Å². The van der Waals surface area contributed by atoms with Crippen LogP contribution in [-0.2, 0) is 16.1 Å². The van der Waals surface area contributed by atoms with Crippen molar-refractivity contribution >= 4 is 23.2 Å². The van der Waals surface area contributed by atoms with E-state index in [1.54, 1.807) is 12.1 Å². The molecule has 0 aromatic heterocycles. The largest absolute Gasteiger partial charge is 0.495 e. The van der Waals surface area contributed by atoms with Gasteiger partial charge in [0.05, 0.1) is 12.8 Å². The summed E-state index contributed by atoms with van der Waals surface area (Å²) < 4.78 is 5.13. The Labute approximate surface area is 105 Å². The molecular formula is C12H15N3O3. The number of carbonyl (C=O) groups is 2. The maximum absolute atomic E-state index is 11.6. The second-order valence-electron chi connectivity index (χ2n) is 4.17. The highest BCUT2D eigenvalue weighted by atomic mass is 16.5. The zero-order chi connectivity index (χ0) is 13.3. The molecule has 2 rings (SSSR count). The molecule has 6 heteroatoms. The maximum atomic E-state index is 11.6. The second kappa shape index (κ2) is 4.56. The Hall–Kier alpha value is -2.24. The lowest BCUT2D eigenvalue weighted by Gasteiger charge is -2.17. The molecule has 6 nitrogen and oxygen atoms in total. The van der Waals surface area contributed by atoms with Gasteiger partial charge in [-0.05, 0) is 17.7 Å². The zero-order valence-corrected chi connectivity index (χ0v) is 10.3. The average molecular weight is 249 g/mol. The first-order chi connectivity index (χ1) is 8.51. The smallest absolute Gasteiger partial charge is 0.244 e. The van der Waals surface area contributed by atoms with E-state index in [2.05, 4.69) is 5.32 Å². The Bertz CT molecular complexity index is 514. The van der Waals surface area contributed by atoms with Crippen molar-refractivity contribution in [3.8, 4) is 5.75 Å². The van der Waals surface area contributed by atoms with Crippen LogP contribution < -0.4 is 15.8 Å². The number of carbonyl (C=O) groups excluding carboxylic acids is 2. The Kier molecular flexibility index (Phi) is 3.10. The minimum absolute atomic E-state index is 0.0479. The number of nitrogen functional groups attached to an aromatic ring is 1. The highest BCUT2D eigenvalue weighted by Gasteiger charge is 2.22. The van der Waals surface area contributed by atoms with Gasteiger partial charge in [-0.2, -0.15) is 0 Å². The molecule has 1 aromatic carbocycles. The summed E-state index contributed by atoms with van der Waals surface area (Å²) in [7, 11) is 1.52. The topological polar surface area (TPSA) is 84.7 Å². The summed E-state index contributed by atoms with van der Waals surface area (Å²) in [5, 5.41) is 2.73. The molecule has 0 aliphatic carbocycles. The Morgan fingerprint density at radius 3 is 2.78 bits per heavy atom. The molecule has 0 bridgehead atoms. The van der Waals surface area contributed by atoms with Crippen LogP contribution in [0.15, 0.2) is 12.1 Å². The molecule has 1 heterocycles. The van der Waals surface area contributed by atoms with Gasteiger partial charge in [-0.1, -0.05) is 0 Å². The van der Waals surface area contributed by atoms with E-state index in [9.17, 15) is 9.59 Å². The highest BCUT2D eigenvalue weighted by Crippen LogP contribution is 2.31. The number of ether oxygens (including phenoxy) is 1. The molecule has 0 unspecified atom stereocenters. The van der Waals surface area contributed by atoms with Gasteiger partial charge in [0.1, 0.15) is 12.3 Å². The first-order valence-electron chi connectivity index (χ1n) is 5.53. The molecule has 0 spiro atoms. The van der Waals surface area contributed by atoms with Crippen LogP contribution in [0.3, 0.4) is 0 Å². The molecule has 3 N–H and O–H groups in total. The molecule has 18 heavy (non-hydrogen) atoms. The van der Waals surface area contributed by atoms with Crippen LogP contribution in [0.4, 0.5) is 11.4 Å². The fourth-order valence-corrected chi connectivity index (χ4v) is 1.91. The standard InChI is InChI=1S/C12H15N3O3/c1-7(16)15-5-8-3-11(18-2)9(13)4-10(8)14-12(17)6-15/h3-4H,5-6,13H2,1-2H3,(H,14,17). The van der Waals surface area contributed by atoms with Gasteiger partial charge in [-0.3, -0.25) is 9.59 Å². The van der Waals surface area contributed by atoms with E-state index in [0.29, 0.717) is 23.7 Å². The Balaban J connectivity index is 2.45. The van der Waals surface area contributed by atoms with Gasteiger partial charge in [0.2, 0.25) is 11.8 Å². The van der Waals surface area contributed by atoms with Crippen molar-refractivity contribution in [2.24, 2.45) is 0 Å². The lowest BCUT2D eigenvalue weighted by molar-refractivity contribution is -0.133. The molecular weight excluding hydrogens is 234 g/mol.